The number of hydrogen-bond acceptors (Lipinski definition) is 8. The fraction of sp³-hybridized carbons (Fsp3) is 0.400. The number of aromatic nitrogens is 4. The van der Waals surface area contributed by atoms with Gasteiger partial charge in [-0.25, -0.2) is 15.0 Å². The Morgan fingerprint density at radius 1 is 1.21 bits per heavy atom. The van der Waals surface area contributed by atoms with Crippen LogP contribution >= 0.6 is 0 Å². The van der Waals surface area contributed by atoms with Crippen molar-refractivity contribution >= 4 is 16.9 Å². The van der Waals surface area contributed by atoms with E-state index < -0.39 is 0 Å². The van der Waals surface area contributed by atoms with Crippen LogP contribution in [0.1, 0.15) is 0 Å². The third-order valence-electron chi connectivity index (χ3n) is 4.98. The maximum atomic E-state index is 6.13. The van der Waals surface area contributed by atoms with E-state index in [9.17, 15) is 0 Å². The molecule has 4 rings (SSSR count). The molecule has 1 atom stereocenters. The minimum atomic E-state index is 0.298. The van der Waals surface area contributed by atoms with Gasteiger partial charge in [0.15, 0.2) is 5.52 Å². The Morgan fingerprint density at radius 3 is 2.82 bits per heavy atom. The monoisotopic (exact) mass is 379 g/mol. The van der Waals surface area contributed by atoms with E-state index >= 15 is 0 Å². The lowest BCUT2D eigenvalue weighted by molar-refractivity contribution is 0.134. The SMILES string of the molecule is CN(C)c1ccc(-c2cc3nccnc3c(OC[C@@H]3CNCCN3C)n2)cn1. The molecule has 0 saturated carbocycles. The van der Waals surface area contributed by atoms with Crippen molar-refractivity contribution in [2.24, 2.45) is 0 Å². The van der Waals surface area contributed by atoms with E-state index in [4.69, 9.17) is 9.72 Å². The number of rotatable bonds is 5. The topological polar surface area (TPSA) is 79.3 Å². The summed E-state index contributed by atoms with van der Waals surface area (Å²) in [6.45, 7) is 3.45. The predicted molar refractivity (Wildman–Crippen MR) is 110 cm³/mol. The molecule has 1 saturated heterocycles. The van der Waals surface area contributed by atoms with E-state index in [1.165, 1.54) is 0 Å². The summed E-state index contributed by atoms with van der Waals surface area (Å²) in [4.78, 5) is 22.4. The van der Waals surface area contributed by atoms with Crippen molar-refractivity contribution < 1.29 is 4.74 Å². The Balaban J connectivity index is 1.65. The molecule has 1 fully saturated rings. The molecule has 0 bridgehead atoms. The summed E-state index contributed by atoms with van der Waals surface area (Å²) in [5.41, 5.74) is 3.13. The van der Waals surface area contributed by atoms with Crippen molar-refractivity contribution in [3.8, 4) is 17.1 Å². The molecular weight excluding hydrogens is 354 g/mol. The molecule has 28 heavy (non-hydrogen) atoms. The van der Waals surface area contributed by atoms with Crippen molar-refractivity contribution in [3.05, 3.63) is 36.8 Å². The summed E-state index contributed by atoms with van der Waals surface area (Å²) in [5, 5.41) is 3.41. The maximum absolute atomic E-state index is 6.13. The van der Waals surface area contributed by atoms with Crippen LogP contribution in [0.2, 0.25) is 0 Å². The first-order valence-corrected chi connectivity index (χ1v) is 9.41. The van der Waals surface area contributed by atoms with Crippen LogP contribution in [0.15, 0.2) is 36.8 Å². The van der Waals surface area contributed by atoms with Crippen molar-refractivity contribution in [1.29, 1.82) is 0 Å². The molecule has 1 N–H and O–H groups in total. The van der Waals surface area contributed by atoms with Gasteiger partial charge in [0.2, 0.25) is 5.88 Å². The third kappa shape index (κ3) is 3.88. The van der Waals surface area contributed by atoms with E-state index in [2.05, 4.69) is 32.2 Å². The highest BCUT2D eigenvalue weighted by atomic mass is 16.5. The van der Waals surface area contributed by atoms with Crippen molar-refractivity contribution in [2.45, 2.75) is 6.04 Å². The smallest absolute Gasteiger partial charge is 0.242 e. The van der Waals surface area contributed by atoms with Crippen LogP contribution in [0, 0.1) is 0 Å². The number of ether oxygens (including phenoxy) is 1. The van der Waals surface area contributed by atoms with Gasteiger partial charge in [0.25, 0.3) is 0 Å². The van der Waals surface area contributed by atoms with Gasteiger partial charge in [-0.3, -0.25) is 9.88 Å². The zero-order valence-electron chi connectivity index (χ0n) is 16.5. The number of nitrogens with one attached hydrogen (secondary N) is 1. The van der Waals surface area contributed by atoms with Crippen LogP contribution in [0.4, 0.5) is 5.82 Å². The summed E-state index contributed by atoms with van der Waals surface area (Å²) in [6.07, 6.45) is 5.17. The second-order valence-electron chi connectivity index (χ2n) is 7.19. The molecule has 4 heterocycles. The Morgan fingerprint density at radius 2 is 2.07 bits per heavy atom. The van der Waals surface area contributed by atoms with E-state index in [1.54, 1.807) is 12.4 Å². The first-order valence-electron chi connectivity index (χ1n) is 9.41. The maximum Gasteiger partial charge on any atom is 0.242 e. The molecule has 0 amide bonds. The summed E-state index contributed by atoms with van der Waals surface area (Å²) in [6, 6.07) is 6.21. The lowest BCUT2D eigenvalue weighted by Gasteiger charge is -2.32. The molecule has 3 aromatic heterocycles. The van der Waals surface area contributed by atoms with Crippen molar-refractivity contribution in [1.82, 2.24) is 30.2 Å². The zero-order valence-corrected chi connectivity index (χ0v) is 16.5. The minimum absolute atomic E-state index is 0.298. The lowest BCUT2D eigenvalue weighted by Crippen LogP contribution is -2.51. The number of fused-ring (bicyclic) bond motifs is 1. The van der Waals surface area contributed by atoms with Gasteiger partial charge in [-0.05, 0) is 25.2 Å². The number of pyridine rings is 2. The highest BCUT2D eigenvalue weighted by molar-refractivity contribution is 5.83. The summed E-state index contributed by atoms with van der Waals surface area (Å²) in [5.74, 6) is 1.41. The largest absolute Gasteiger partial charge is 0.474 e. The van der Waals surface area contributed by atoms with E-state index in [-0.39, 0.29) is 0 Å². The van der Waals surface area contributed by atoms with Crippen LogP contribution in [0.3, 0.4) is 0 Å². The Bertz CT molecular complexity index is 945. The van der Waals surface area contributed by atoms with Crippen LogP contribution in [0.25, 0.3) is 22.3 Å². The fourth-order valence-corrected chi connectivity index (χ4v) is 3.22. The number of anilines is 1. The Labute approximate surface area is 164 Å². The minimum Gasteiger partial charge on any atom is -0.474 e. The van der Waals surface area contributed by atoms with Gasteiger partial charge in [0, 0.05) is 57.9 Å². The molecule has 146 valence electrons. The molecule has 0 aromatic carbocycles. The van der Waals surface area contributed by atoms with Crippen molar-refractivity contribution in [3.63, 3.8) is 0 Å². The summed E-state index contributed by atoms with van der Waals surface area (Å²) >= 11 is 0. The van der Waals surface area contributed by atoms with Gasteiger partial charge in [0.05, 0.1) is 17.3 Å². The van der Waals surface area contributed by atoms with Gasteiger partial charge in [0.1, 0.15) is 12.4 Å². The highest BCUT2D eigenvalue weighted by Crippen LogP contribution is 2.27. The van der Waals surface area contributed by atoms with Gasteiger partial charge in [-0.2, -0.15) is 0 Å². The summed E-state index contributed by atoms with van der Waals surface area (Å²) < 4.78 is 6.13. The summed E-state index contributed by atoms with van der Waals surface area (Å²) in [7, 11) is 6.05. The standard InChI is InChI=1S/C20H25N7O/c1-26(2)18-5-4-14(11-24-18)16-10-17-19(23-7-6-22-17)20(25-16)28-13-15-12-21-8-9-27(15)3/h4-7,10-11,15,21H,8-9,12-13H2,1-3H3/t15-/m0/s1. The number of piperazine rings is 1. The molecule has 1 aliphatic heterocycles. The molecule has 8 heteroatoms. The second kappa shape index (κ2) is 8.04. The predicted octanol–water partition coefficient (Wildman–Crippen LogP) is 1.44. The number of nitrogens with zero attached hydrogens (tertiary/aromatic N) is 6. The number of likely N-dealkylation sites (N-methyl/N-ethyl adjacent to an activating group) is 1. The first-order chi connectivity index (χ1) is 13.6. The lowest BCUT2D eigenvalue weighted by atomic mass is 10.1. The molecule has 0 radical (unpaired) electrons. The van der Waals surface area contributed by atoms with Gasteiger partial charge < -0.3 is 15.0 Å². The van der Waals surface area contributed by atoms with Crippen LogP contribution in [-0.4, -0.2) is 78.3 Å². The van der Waals surface area contributed by atoms with Crippen LogP contribution in [-0.2, 0) is 0 Å². The van der Waals surface area contributed by atoms with Crippen molar-refractivity contribution in [2.75, 3.05) is 52.3 Å². The molecule has 8 nitrogen and oxygen atoms in total. The third-order valence-corrected chi connectivity index (χ3v) is 4.98. The molecule has 0 spiro atoms. The average molecular weight is 379 g/mol. The van der Waals surface area contributed by atoms with Crippen LogP contribution < -0.4 is 15.0 Å². The van der Waals surface area contributed by atoms with E-state index in [0.717, 1.165) is 42.2 Å². The number of hydrogen-bond donors (Lipinski definition) is 1. The van der Waals surface area contributed by atoms with Gasteiger partial charge in [-0.1, -0.05) is 0 Å². The first kappa shape index (κ1) is 18.5. The average Bonchev–Trinajstić information content (AvgIpc) is 2.73. The molecule has 0 unspecified atom stereocenters. The highest BCUT2D eigenvalue weighted by Gasteiger charge is 2.20. The van der Waals surface area contributed by atoms with E-state index in [1.807, 2.05) is 43.4 Å². The van der Waals surface area contributed by atoms with Gasteiger partial charge >= 0.3 is 0 Å². The molecule has 0 aliphatic carbocycles. The van der Waals surface area contributed by atoms with E-state index in [0.29, 0.717) is 24.0 Å². The second-order valence-corrected chi connectivity index (χ2v) is 7.19. The molecular formula is C20H25N7O. The Kier molecular flexibility index (Phi) is 5.31. The zero-order chi connectivity index (χ0) is 19.5. The van der Waals surface area contributed by atoms with Crippen LogP contribution in [0.5, 0.6) is 5.88 Å². The Hall–Kier alpha value is -2.84. The molecule has 3 aromatic rings. The molecule has 1 aliphatic rings. The fourth-order valence-electron chi connectivity index (χ4n) is 3.22. The quantitative estimate of drug-likeness (QED) is 0.713. The normalized spacial score (nSPS) is 17.6. The van der Waals surface area contributed by atoms with Gasteiger partial charge in [-0.15, -0.1) is 0 Å².